The van der Waals surface area contributed by atoms with Gasteiger partial charge in [0, 0.05) is 6.07 Å². The average Bonchev–Trinajstić information content (AvgIpc) is 3.07. The molecule has 0 fully saturated rings. The molecule has 0 saturated heterocycles. The fourth-order valence-electron chi connectivity index (χ4n) is 2.53. The molecule has 3 rings (SSSR count). The molecule has 0 aliphatic rings. The van der Waals surface area contributed by atoms with Crippen LogP contribution in [0.2, 0.25) is 0 Å². The van der Waals surface area contributed by atoms with Gasteiger partial charge in [-0.3, -0.25) is 14.9 Å². The van der Waals surface area contributed by atoms with E-state index in [9.17, 15) is 19.3 Å². The van der Waals surface area contributed by atoms with E-state index in [1.54, 1.807) is 13.0 Å². The highest BCUT2D eigenvalue weighted by Gasteiger charge is 2.24. The van der Waals surface area contributed by atoms with Crippen LogP contribution in [-0.4, -0.2) is 23.1 Å². The number of nitro groups is 1. The van der Waals surface area contributed by atoms with E-state index < -0.39 is 16.6 Å². The molecule has 10 heteroatoms. The van der Waals surface area contributed by atoms with Gasteiger partial charge >= 0.3 is 0 Å². The summed E-state index contributed by atoms with van der Waals surface area (Å²) in [4.78, 5) is 23.3. The van der Waals surface area contributed by atoms with E-state index in [1.165, 1.54) is 43.5 Å². The van der Waals surface area contributed by atoms with Crippen molar-refractivity contribution in [2.24, 2.45) is 0 Å². The van der Waals surface area contributed by atoms with Crippen molar-refractivity contribution in [1.82, 2.24) is 5.16 Å². The number of carbonyl (C=O) groups is 1. The lowest BCUT2D eigenvalue weighted by atomic mass is 10.2. The van der Waals surface area contributed by atoms with E-state index in [1.807, 2.05) is 0 Å². The summed E-state index contributed by atoms with van der Waals surface area (Å²) in [6, 6.07) is 9.54. The van der Waals surface area contributed by atoms with Crippen LogP contribution in [0.25, 0.3) is 0 Å². The third-order valence-corrected chi connectivity index (χ3v) is 4.03. The molecule has 150 valence electrons. The van der Waals surface area contributed by atoms with Crippen LogP contribution in [0, 0.1) is 22.9 Å². The molecule has 0 saturated carbocycles. The van der Waals surface area contributed by atoms with Crippen molar-refractivity contribution in [3.8, 4) is 11.5 Å². The number of halogens is 1. The summed E-state index contributed by atoms with van der Waals surface area (Å²) >= 11 is 0. The molecule has 2 aromatic carbocycles. The molecular weight excluding hydrogens is 385 g/mol. The maximum Gasteiger partial charge on any atom is 0.296 e. The lowest BCUT2D eigenvalue weighted by molar-refractivity contribution is -0.384. The Kier molecular flexibility index (Phi) is 5.72. The number of anilines is 1. The zero-order valence-corrected chi connectivity index (χ0v) is 15.5. The minimum absolute atomic E-state index is 0.0292. The molecule has 3 aromatic rings. The number of nitrogens with one attached hydrogen (secondary N) is 1. The first kappa shape index (κ1) is 19.8. The SMILES string of the molecule is COc1ccc(NC(=O)c2noc(C)c2COc2cccc(F)c2)c([N+](=O)[O-])c1. The molecule has 0 aliphatic heterocycles. The van der Waals surface area contributed by atoms with Crippen LogP contribution < -0.4 is 14.8 Å². The smallest absolute Gasteiger partial charge is 0.296 e. The van der Waals surface area contributed by atoms with Crippen molar-refractivity contribution < 1.29 is 28.1 Å². The Morgan fingerprint density at radius 1 is 1.28 bits per heavy atom. The number of nitro benzene ring substituents is 1. The van der Waals surface area contributed by atoms with Gasteiger partial charge in [-0.25, -0.2) is 4.39 Å². The Balaban J connectivity index is 1.81. The van der Waals surface area contributed by atoms with Crippen molar-refractivity contribution in [2.45, 2.75) is 13.5 Å². The molecule has 0 radical (unpaired) electrons. The standard InChI is InChI=1S/C19H16FN3O6/c1-11-15(10-28-14-5-3-4-12(20)8-14)18(22-29-11)19(24)21-16-7-6-13(27-2)9-17(16)23(25)26/h3-9H,10H2,1-2H3,(H,21,24). The monoisotopic (exact) mass is 401 g/mol. The molecule has 29 heavy (non-hydrogen) atoms. The van der Waals surface area contributed by atoms with Crippen molar-refractivity contribution in [3.63, 3.8) is 0 Å². The minimum Gasteiger partial charge on any atom is -0.496 e. The molecule has 0 spiro atoms. The number of hydrogen-bond acceptors (Lipinski definition) is 7. The van der Waals surface area contributed by atoms with E-state index in [2.05, 4.69) is 10.5 Å². The first-order valence-electron chi connectivity index (χ1n) is 8.36. The zero-order chi connectivity index (χ0) is 21.0. The van der Waals surface area contributed by atoms with Crippen LogP contribution in [-0.2, 0) is 6.61 Å². The first-order chi connectivity index (χ1) is 13.9. The maximum atomic E-state index is 13.3. The summed E-state index contributed by atoms with van der Waals surface area (Å²) < 4.78 is 28.8. The van der Waals surface area contributed by atoms with Gasteiger partial charge in [-0.05, 0) is 31.2 Å². The van der Waals surface area contributed by atoms with Crippen LogP contribution in [0.15, 0.2) is 47.0 Å². The van der Waals surface area contributed by atoms with Gasteiger partial charge in [0.25, 0.3) is 11.6 Å². The third-order valence-electron chi connectivity index (χ3n) is 4.03. The zero-order valence-electron chi connectivity index (χ0n) is 15.5. The van der Waals surface area contributed by atoms with E-state index in [-0.39, 0.29) is 35.2 Å². The quantitative estimate of drug-likeness (QED) is 0.472. The fraction of sp³-hybridized carbons (Fsp3) is 0.158. The Morgan fingerprint density at radius 2 is 2.07 bits per heavy atom. The Labute approximate surface area is 164 Å². The molecule has 1 amide bonds. The Hall–Kier alpha value is -3.95. The predicted octanol–water partition coefficient (Wildman–Crippen LogP) is 3.87. The highest BCUT2D eigenvalue weighted by atomic mass is 19.1. The van der Waals surface area contributed by atoms with Gasteiger partial charge in [0.1, 0.15) is 35.4 Å². The summed E-state index contributed by atoms with van der Waals surface area (Å²) in [6.45, 7) is 1.48. The van der Waals surface area contributed by atoms with Crippen molar-refractivity contribution in [2.75, 3.05) is 12.4 Å². The van der Waals surface area contributed by atoms with Gasteiger partial charge in [0.2, 0.25) is 0 Å². The largest absolute Gasteiger partial charge is 0.496 e. The number of nitrogens with zero attached hydrogens (tertiary/aromatic N) is 2. The second-order valence-corrected chi connectivity index (χ2v) is 5.91. The third kappa shape index (κ3) is 4.49. The highest BCUT2D eigenvalue weighted by molar-refractivity contribution is 6.05. The van der Waals surface area contributed by atoms with Gasteiger partial charge in [0.05, 0.1) is 23.7 Å². The molecule has 0 unspecified atom stereocenters. The number of carbonyl (C=O) groups excluding carboxylic acids is 1. The summed E-state index contributed by atoms with van der Waals surface area (Å²) in [6.07, 6.45) is 0. The van der Waals surface area contributed by atoms with Gasteiger partial charge < -0.3 is 19.3 Å². The molecule has 0 bridgehead atoms. The van der Waals surface area contributed by atoms with E-state index in [0.29, 0.717) is 11.3 Å². The first-order valence-corrected chi connectivity index (χ1v) is 8.36. The van der Waals surface area contributed by atoms with Crippen molar-refractivity contribution >= 4 is 17.3 Å². The molecule has 1 heterocycles. The maximum absolute atomic E-state index is 13.3. The van der Waals surface area contributed by atoms with Crippen LogP contribution in [0.3, 0.4) is 0 Å². The number of methoxy groups -OCH3 is 1. The molecule has 1 N–H and O–H groups in total. The summed E-state index contributed by atoms with van der Waals surface area (Å²) in [7, 11) is 1.38. The van der Waals surface area contributed by atoms with Crippen LogP contribution in [0.4, 0.5) is 15.8 Å². The Bertz CT molecular complexity index is 1070. The molecule has 9 nitrogen and oxygen atoms in total. The number of aryl methyl sites for hydroxylation is 1. The average molecular weight is 401 g/mol. The molecule has 1 aromatic heterocycles. The summed E-state index contributed by atoms with van der Waals surface area (Å²) in [5.74, 6) is -0.308. The normalized spacial score (nSPS) is 10.4. The number of benzene rings is 2. The lowest BCUT2D eigenvalue weighted by Gasteiger charge is -2.08. The number of hydrogen-bond donors (Lipinski definition) is 1. The van der Waals surface area contributed by atoms with Crippen LogP contribution in [0.1, 0.15) is 21.8 Å². The second-order valence-electron chi connectivity index (χ2n) is 5.91. The summed E-state index contributed by atoms with van der Waals surface area (Å²) in [5, 5.41) is 17.4. The van der Waals surface area contributed by atoms with E-state index >= 15 is 0 Å². The lowest BCUT2D eigenvalue weighted by Crippen LogP contribution is -2.16. The number of aromatic nitrogens is 1. The molecular formula is C19H16FN3O6. The molecule has 0 aliphatic carbocycles. The van der Waals surface area contributed by atoms with E-state index in [0.717, 1.165) is 0 Å². The van der Waals surface area contributed by atoms with Crippen LogP contribution in [0.5, 0.6) is 11.5 Å². The van der Waals surface area contributed by atoms with Crippen LogP contribution >= 0.6 is 0 Å². The fourth-order valence-corrected chi connectivity index (χ4v) is 2.53. The van der Waals surface area contributed by atoms with Gasteiger partial charge in [-0.2, -0.15) is 0 Å². The van der Waals surface area contributed by atoms with Gasteiger partial charge in [0.15, 0.2) is 5.69 Å². The number of amides is 1. The number of ether oxygens (including phenoxy) is 2. The minimum atomic E-state index is -0.715. The Morgan fingerprint density at radius 3 is 2.76 bits per heavy atom. The van der Waals surface area contributed by atoms with Crippen molar-refractivity contribution in [1.29, 1.82) is 0 Å². The summed E-state index contributed by atoms with van der Waals surface area (Å²) in [5.41, 5.74) is -0.124. The molecule has 0 atom stereocenters. The van der Waals surface area contributed by atoms with E-state index in [4.69, 9.17) is 14.0 Å². The second kappa shape index (κ2) is 8.38. The van der Waals surface area contributed by atoms with Gasteiger partial charge in [-0.1, -0.05) is 11.2 Å². The highest BCUT2D eigenvalue weighted by Crippen LogP contribution is 2.29. The number of rotatable bonds is 7. The topological polar surface area (TPSA) is 117 Å². The predicted molar refractivity (Wildman–Crippen MR) is 99.6 cm³/mol. The van der Waals surface area contributed by atoms with Crippen molar-refractivity contribution in [3.05, 3.63) is 75.4 Å². The van der Waals surface area contributed by atoms with Gasteiger partial charge in [-0.15, -0.1) is 0 Å².